The Labute approximate surface area is 93.6 Å². The summed E-state index contributed by atoms with van der Waals surface area (Å²) < 4.78 is 5.29. The van der Waals surface area contributed by atoms with E-state index in [1.165, 1.54) is 0 Å². The molecule has 0 amide bonds. The zero-order chi connectivity index (χ0) is 12.1. The Kier molecular flexibility index (Phi) is 5.88. The van der Waals surface area contributed by atoms with Crippen LogP contribution in [0.1, 0.15) is 48.0 Å². The second-order valence-corrected chi connectivity index (χ2v) is 5.15. The molecular weight excluding hydrogens is 190 g/mol. The first-order chi connectivity index (χ1) is 6.76. The van der Waals surface area contributed by atoms with Crippen LogP contribution in [0.4, 0.5) is 0 Å². The minimum absolute atomic E-state index is 0.0850. The lowest BCUT2D eigenvalue weighted by Gasteiger charge is -2.23. The maximum Gasteiger partial charge on any atom is 0.310 e. The first-order valence-electron chi connectivity index (χ1n) is 5.72. The highest BCUT2D eigenvalue weighted by atomic mass is 16.6. The Morgan fingerprint density at radius 2 is 1.87 bits per heavy atom. The monoisotopic (exact) mass is 215 g/mol. The van der Waals surface area contributed by atoms with E-state index in [0.29, 0.717) is 12.6 Å². The van der Waals surface area contributed by atoms with Crippen molar-refractivity contribution in [3.05, 3.63) is 0 Å². The molecule has 0 heterocycles. The Hall–Kier alpha value is -0.570. The number of hydrogen-bond acceptors (Lipinski definition) is 3. The third-order valence-electron chi connectivity index (χ3n) is 2.19. The van der Waals surface area contributed by atoms with Gasteiger partial charge in [0.15, 0.2) is 0 Å². The van der Waals surface area contributed by atoms with Gasteiger partial charge in [-0.05, 0) is 34.1 Å². The molecule has 15 heavy (non-hydrogen) atoms. The lowest BCUT2D eigenvalue weighted by Crippen LogP contribution is -2.36. The van der Waals surface area contributed by atoms with E-state index < -0.39 is 0 Å². The number of carbonyl (C=O) groups excluding carboxylic acids is 1. The molecule has 0 aromatic rings. The standard InChI is InChI=1S/C12H25NO2/c1-7-10(3)13-8-9(2)11(14)15-12(4,5)6/h9-10,13H,7-8H2,1-6H3/t9-,10-/m1/s1. The topological polar surface area (TPSA) is 38.3 Å². The molecule has 0 aromatic heterocycles. The van der Waals surface area contributed by atoms with Gasteiger partial charge in [0.05, 0.1) is 5.92 Å². The third-order valence-corrected chi connectivity index (χ3v) is 2.19. The van der Waals surface area contributed by atoms with Crippen LogP contribution in [0, 0.1) is 5.92 Å². The van der Waals surface area contributed by atoms with E-state index in [1.807, 2.05) is 27.7 Å². The molecule has 90 valence electrons. The molecule has 0 spiro atoms. The van der Waals surface area contributed by atoms with E-state index in [9.17, 15) is 4.79 Å². The molecule has 0 aliphatic rings. The predicted molar refractivity (Wildman–Crippen MR) is 62.8 cm³/mol. The fraction of sp³-hybridized carbons (Fsp3) is 0.917. The molecule has 0 bridgehead atoms. The van der Waals surface area contributed by atoms with Crippen LogP contribution in [0.15, 0.2) is 0 Å². The fourth-order valence-electron chi connectivity index (χ4n) is 1.01. The van der Waals surface area contributed by atoms with Crippen LogP contribution in [0.5, 0.6) is 0 Å². The highest BCUT2D eigenvalue weighted by Gasteiger charge is 2.21. The van der Waals surface area contributed by atoms with Crippen LogP contribution >= 0.6 is 0 Å². The smallest absolute Gasteiger partial charge is 0.310 e. The summed E-state index contributed by atoms with van der Waals surface area (Å²) in [4.78, 5) is 11.6. The van der Waals surface area contributed by atoms with E-state index in [4.69, 9.17) is 4.74 Å². The molecule has 0 radical (unpaired) electrons. The summed E-state index contributed by atoms with van der Waals surface area (Å²) in [6.45, 7) is 12.5. The minimum Gasteiger partial charge on any atom is -0.460 e. The number of carbonyl (C=O) groups is 1. The Morgan fingerprint density at radius 3 is 2.27 bits per heavy atom. The number of nitrogens with one attached hydrogen (secondary N) is 1. The zero-order valence-electron chi connectivity index (χ0n) is 10.9. The Morgan fingerprint density at radius 1 is 1.33 bits per heavy atom. The van der Waals surface area contributed by atoms with E-state index in [0.717, 1.165) is 6.42 Å². The van der Waals surface area contributed by atoms with Gasteiger partial charge in [-0.25, -0.2) is 0 Å². The molecule has 3 nitrogen and oxygen atoms in total. The van der Waals surface area contributed by atoms with Crippen molar-refractivity contribution in [3.8, 4) is 0 Å². The van der Waals surface area contributed by atoms with Crippen molar-refractivity contribution >= 4 is 5.97 Å². The van der Waals surface area contributed by atoms with Crippen molar-refractivity contribution in [3.63, 3.8) is 0 Å². The van der Waals surface area contributed by atoms with Crippen LogP contribution < -0.4 is 5.32 Å². The predicted octanol–water partition coefficient (Wildman–Crippen LogP) is 2.35. The second kappa shape index (κ2) is 6.11. The molecule has 0 rings (SSSR count). The van der Waals surface area contributed by atoms with Gasteiger partial charge in [0.2, 0.25) is 0 Å². The summed E-state index contributed by atoms with van der Waals surface area (Å²) in [5, 5.41) is 3.30. The highest BCUT2D eigenvalue weighted by molar-refractivity contribution is 5.72. The summed E-state index contributed by atoms with van der Waals surface area (Å²) in [5.74, 6) is -0.212. The molecule has 0 aromatic carbocycles. The average molecular weight is 215 g/mol. The van der Waals surface area contributed by atoms with Gasteiger partial charge >= 0.3 is 5.97 Å². The summed E-state index contributed by atoms with van der Waals surface area (Å²) in [6, 6.07) is 0.454. The number of rotatable bonds is 5. The van der Waals surface area contributed by atoms with E-state index >= 15 is 0 Å². The van der Waals surface area contributed by atoms with Crippen LogP contribution in [-0.4, -0.2) is 24.2 Å². The molecule has 0 aliphatic heterocycles. The summed E-state index contributed by atoms with van der Waals surface area (Å²) in [5.41, 5.74) is -0.387. The highest BCUT2D eigenvalue weighted by Crippen LogP contribution is 2.10. The number of esters is 1. The Balaban J connectivity index is 3.90. The van der Waals surface area contributed by atoms with Gasteiger partial charge < -0.3 is 10.1 Å². The lowest BCUT2D eigenvalue weighted by atomic mass is 10.1. The van der Waals surface area contributed by atoms with Gasteiger partial charge in [-0.15, -0.1) is 0 Å². The van der Waals surface area contributed by atoms with Gasteiger partial charge in [-0.1, -0.05) is 13.8 Å². The summed E-state index contributed by atoms with van der Waals surface area (Å²) >= 11 is 0. The summed E-state index contributed by atoms with van der Waals surface area (Å²) in [6.07, 6.45) is 1.07. The fourth-order valence-corrected chi connectivity index (χ4v) is 1.01. The largest absolute Gasteiger partial charge is 0.460 e. The van der Waals surface area contributed by atoms with Crippen LogP contribution in [0.25, 0.3) is 0 Å². The zero-order valence-corrected chi connectivity index (χ0v) is 10.9. The summed E-state index contributed by atoms with van der Waals surface area (Å²) in [7, 11) is 0. The maximum atomic E-state index is 11.6. The minimum atomic E-state index is -0.387. The van der Waals surface area contributed by atoms with Crippen LogP contribution in [0.3, 0.4) is 0 Å². The van der Waals surface area contributed by atoms with Gasteiger partial charge in [0.25, 0.3) is 0 Å². The first kappa shape index (κ1) is 14.4. The van der Waals surface area contributed by atoms with Crippen molar-refractivity contribution in [2.75, 3.05) is 6.54 Å². The molecular formula is C12H25NO2. The quantitative estimate of drug-likeness (QED) is 0.715. The normalized spacial score (nSPS) is 15.9. The molecule has 0 unspecified atom stereocenters. The molecule has 1 N–H and O–H groups in total. The van der Waals surface area contributed by atoms with Crippen molar-refractivity contribution < 1.29 is 9.53 Å². The SMILES string of the molecule is CC[C@@H](C)NC[C@@H](C)C(=O)OC(C)(C)C. The first-order valence-corrected chi connectivity index (χ1v) is 5.72. The molecule has 0 aliphatic carbocycles. The van der Waals surface area contributed by atoms with Crippen molar-refractivity contribution in [2.45, 2.75) is 59.6 Å². The molecule has 3 heteroatoms. The number of hydrogen-bond donors (Lipinski definition) is 1. The van der Waals surface area contributed by atoms with Crippen molar-refractivity contribution in [1.29, 1.82) is 0 Å². The van der Waals surface area contributed by atoms with Gasteiger partial charge in [0, 0.05) is 12.6 Å². The van der Waals surface area contributed by atoms with Crippen LogP contribution in [0.2, 0.25) is 0 Å². The van der Waals surface area contributed by atoms with Gasteiger partial charge in [0.1, 0.15) is 5.60 Å². The molecule has 0 saturated heterocycles. The maximum absolute atomic E-state index is 11.6. The Bertz CT molecular complexity index is 196. The molecule has 0 saturated carbocycles. The second-order valence-electron chi connectivity index (χ2n) is 5.15. The molecule has 2 atom stereocenters. The van der Waals surface area contributed by atoms with E-state index in [1.54, 1.807) is 0 Å². The van der Waals surface area contributed by atoms with Crippen molar-refractivity contribution in [1.82, 2.24) is 5.32 Å². The lowest BCUT2D eigenvalue weighted by molar-refractivity contribution is -0.159. The van der Waals surface area contributed by atoms with E-state index in [2.05, 4.69) is 19.2 Å². The van der Waals surface area contributed by atoms with Crippen LogP contribution in [-0.2, 0) is 9.53 Å². The van der Waals surface area contributed by atoms with Crippen molar-refractivity contribution in [2.24, 2.45) is 5.92 Å². The van der Waals surface area contributed by atoms with Gasteiger partial charge in [-0.3, -0.25) is 4.79 Å². The van der Waals surface area contributed by atoms with E-state index in [-0.39, 0.29) is 17.5 Å². The molecule has 0 fully saturated rings. The third kappa shape index (κ3) is 7.37. The van der Waals surface area contributed by atoms with Gasteiger partial charge in [-0.2, -0.15) is 0 Å². The number of ether oxygens (including phenoxy) is 1. The average Bonchev–Trinajstić information content (AvgIpc) is 2.10.